The van der Waals surface area contributed by atoms with Gasteiger partial charge in [-0.15, -0.1) is 0 Å². The van der Waals surface area contributed by atoms with Crippen molar-refractivity contribution in [3.63, 3.8) is 0 Å². The summed E-state index contributed by atoms with van der Waals surface area (Å²) in [4.78, 5) is 2.44. The number of halogens is 1. The van der Waals surface area contributed by atoms with Crippen LogP contribution < -0.4 is 4.74 Å². The second-order valence-electron chi connectivity index (χ2n) is 5.21. The lowest BCUT2D eigenvalue weighted by Crippen LogP contribution is -2.14. The van der Waals surface area contributed by atoms with E-state index in [1.54, 1.807) is 0 Å². The van der Waals surface area contributed by atoms with E-state index in [0.29, 0.717) is 17.1 Å². The Morgan fingerprint density at radius 1 is 1.20 bits per heavy atom. The van der Waals surface area contributed by atoms with Gasteiger partial charge >= 0.3 is 0 Å². The van der Waals surface area contributed by atoms with E-state index in [1.807, 2.05) is 24.3 Å². The van der Waals surface area contributed by atoms with E-state index in [2.05, 4.69) is 42.2 Å². The van der Waals surface area contributed by atoms with Gasteiger partial charge in [0.15, 0.2) is 0 Å². The minimum atomic E-state index is 0.448. The Labute approximate surface area is 124 Å². The molecule has 1 aliphatic heterocycles. The number of rotatable bonds is 5. The molecular weight excluding hydrogens is 270 g/mol. The van der Waals surface area contributed by atoms with E-state index in [0.717, 1.165) is 18.9 Å². The van der Waals surface area contributed by atoms with Crippen LogP contribution in [0.1, 0.15) is 18.5 Å². The highest BCUT2D eigenvalue weighted by Gasteiger charge is 2.38. The molecule has 0 amide bonds. The molecule has 2 aromatic rings. The quantitative estimate of drug-likeness (QED) is 0.766. The molecule has 20 heavy (non-hydrogen) atoms. The molecule has 1 saturated heterocycles. The Morgan fingerprint density at radius 3 is 2.75 bits per heavy atom. The third kappa shape index (κ3) is 3.14. The zero-order valence-corrected chi connectivity index (χ0v) is 12.3. The Kier molecular flexibility index (Phi) is 3.95. The van der Waals surface area contributed by atoms with Gasteiger partial charge in [-0.25, -0.2) is 0 Å². The van der Waals surface area contributed by atoms with Gasteiger partial charge in [0, 0.05) is 17.6 Å². The van der Waals surface area contributed by atoms with Gasteiger partial charge in [0.1, 0.15) is 12.4 Å². The molecule has 1 heterocycles. The fourth-order valence-corrected chi connectivity index (χ4v) is 2.67. The zero-order valence-electron chi connectivity index (χ0n) is 11.5. The van der Waals surface area contributed by atoms with Crippen LogP contribution in [0.3, 0.4) is 0 Å². The van der Waals surface area contributed by atoms with Crippen LogP contribution in [0.2, 0.25) is 5.02 Å². The van der Waals surface area contributed by atoms with Crippen LogP contribution in [0.15, 0.2) is 54.6 Å². The number of nitrogens with zero attached hydrogens (tertiary/aromatic N) is 1. The van der Waals surface area contributed by atoms with E-state index in [4.69, 9.17) is 16.3 Å². The largest absolute Gasteiger partial charge is 0.492 e. The van der Waals surface area contributed by atoms with Crippen molar-refractivity contribution in [1.82, 2.24) is 4.90 Å². The van der Waals surface area contributed by atoms with Crippen LogP contribution in [0.4, 0.5) is 0 Å². The van der Waals surface area contributed by atoms with Crippen molar-refractivity contribution in [3.8, 4) is 5.75 Å². The lowest BCUT2D eigenvalue weighted by molar-refractivity contribution is 0.278. The summed E-state index contributed by atoms with van der Waals surface area (Å²) in [6.07, 6.45) is 0. The minimum absolute atomic E-state index is 0.448. The summed E-state index contributed by atoms with van der Waals surface area (Å²) in [6.45, 7) is 4.06. The normalized spacial score (nSPS) is 22.3. The maximum atomic E-state index is 5.94. The van der Waals surface area contributed by atoms with Crippen molar-refractivity contribution >= 4 is 11.6 Å². The third-order valence-corrected chi connectivity index (χ3v) is 4.01. The predicted molar refractivity (Wildman–Crippen MR) is 82.3 cm³/mol. The molecule has 104 valence electrons. The summed E-state index contributed by atoms with van der Waals surface area (Å²) in [5, 5.41) is 0.716. The molecule has 0 radical (unpaired) electrons. The van der Waals surface area contributed by atoms with Crippen LogP contribution in [0.25, 0.3) is 0 Å². The predicted octanol–water partition coefficient (Wildman–Crippen LogP) is 4.16. The first-order valence-electron chi connectivity index (χ1n) is 6.93. The molecule has 1 aliphatic rings. The van der Waals surface area contributed by atoms with E-state index in [1.165, 1.54) is 5.56 Å². The van der Waals surface area contributed by atoms with Crippen molar-refractivity contribution in [2.45, 2.75) is 19.0 Å². The van der Waals surface area contributed by atoms with Crippen molar-refractivity contribution in [2.24, 2.45) is 0 Å². The topological polar surface area (TPSA) is 12.2 Å². The molecular formula is C17H18ClNO. The standard InChI is InChI=1S/C17H18ClNO/c1-13(14-6-3-2-4-7-14)19-11-16(19)12-20-17-9-5-8-15(18)10-17/h2-10,13,16H,11-12H2,1H3/t13-,16-,19?/m1/s1. The lowest BCUT2D eigenvalue weighted by atomic mass is 10.1. The Bertz CT molecular complexity index is 572. The number of hydrogen-bond donors (Lipinski definition) is 0. The molecule has 2 aromatic carbocycles. The molecule has 0 N–H and O–H groups in total. The Morgan fingerprint density at radius 2 is 2.00 bits per heavy atom. The Hall–Kier alpha value is -1.51. The highest BCUT2D eigenvalue weighted by Crippen LogP contribution is 2.32. The Balaban J connectivity index is 1.52. The summed E-state index contributed by atoms with van der Waals surface area (Å²) in [7, 11) is 0. The van der Waals surface area contributed by atoms with E-state index in [9.17, 15) is 0 Å². The molecule has 0 aliphatic carbocycles. The van der Waals surface area contributed by atoms with Gasteiger partial charge < -0.3 is 4.74 Å². The monoisotopic (exact) mass is 287 g/mol. The van der Waals surface area contributed by atoms with Gasteiger partial charge in [0.2, 0.25) is 0 Å². The smallest absolute Gasteiger partial charge is 0.120 e. The van der Waals surface area contributed by atoms with Crippen molar-refractivity contribution in [3.05, 3.63) is 65.2 Å². The summed E-state index contributed by atoms with van der Waals surface area (Å²) in [6, 6.07) is 19.1. The maximum Gasteiger partial charge on any atom is 0.120 e. The molecule has 2 nitrogen and oxygen atoms in total. The van der Waals surface area contributed by atoms with E-state index >= 15 is 0 Å². The first-order valence-corrected chi connectivity index (χ1v) is 7.31. The molecule has 3 rings (SSSR count). The van der Waals surface area contributed by atoms with Gasteiger partial charge in [0.25, 0.3) is 0 Å². The average molecular weight is 288 g/mol. The van der Waals surface area contributed by atoms with Gasteiger partial charge in [-0.2, -0.15) is 0 Å². The number of hydrogen-bond acceptors (Lipinski definition) is 2. The van der Waals surface area contributed by atoms with Crippen molar-refractivity contribution in [1.29, 1.82) is 0 Å². The fraction of sp³-hybridized carbons (Fsp3) is 0.294. The van der Waals surface area contributed by atoms with Crippen molar-refractivity contribution < 1.29 is 4.74 Å². The summed E-state index contributed by atoms with van der Waals surface area (Å²) in [5.41, 5.74) is 1.36. The fourth-order valence-electron chi connectivity index (χ4n) is 2.49. The van der Waals surface area contributed by atoms with Crippen molar-refractivity contribution in [2.75, 3.05) is 13.2 Å². The number of ether oxygens (including phenoxy) is 1. The molecule has 3 atom stereocenters. The highest BCUT2D eigenvalue weighted by atomic mass is 35.5. The van der Waals surface area contributed by atoms with Gasteiger partial charge in [-0.3, -0.25) is 4.90 Å². The summed E-state index contributed by atoms with van der Waals surface area (Å²) in [5.74, 6) is 0.844. The minimum Gasteiger partial charge on any atom is -0.492 e. The SMILES string of the molecule is C[C@H](c1ccccc1)N1C[C@@H]1COc1cccc(Cl)c1. The van der Waals surface area contributed by atoms with Crippen LogP contribution in [0.5, 0.6) is 5.75 Å². The molecule has 0 aromatic heterocycles. The maximum absolute atomic E-state index is 5.94. The summed E-state index contributed by atoms with van der Waals surface area (Å²) >= 11 is 5.94. The molecule has 1 fully saturated rings. The highest BCUT2D eigenvalue weighted by molar-refractivity contribution is 6.30. The second kappa shape index (κ2) is 5.86. The van der Waals surface area contributed by atoms with Gasteiger partial charge in [-0.1, -0.05) is 48.0 Å². The van der Waals surface area contributed by atoms with Crippen LogP contribution in [-0.4, -0.2) is 24.1 Å². The van der Waals surface area contributed by atoms with Crippen LogP contribution in [-0.2, 0) is 0 Å². The molecule has 3 heteroatoms. The summed E-state index contributed by atoms with van der Waals surface area (Å²) < 4.78 is 5.80. The van der Waals surface area contributed by atoms with E-state index < -0.39 is 0 Å². The molecule has 0 saturated carbocycles. The van der Waals surface area contributed by atoms with E-state index in [-0.39, 0.29) is 0 Å². The molecule has 0 bridgehead atoms. The van der Waals surface area contributed by atoms with Crippen LogP contribution >= 0.6 is 11.6 Å². The average Bonchev–Trinajstić information content (AvgIpc) is 3.25. The number of benzene rings is 2. The first kappa shape index (κ1) is 13.5. The lowest BCUT2D eigenvalue weighted by Gasteiger charge is -2.14. The first-order chi connectivity index (χ1) is 9.74. The third-order valence-electron chi connectivity index (χ3n) is 3.77. The van der Waals surface area contributed by atoms with Gasteiger partial charge in [0.05, 0.1) is 6.04 Å². The molecule has 1 unspecified atom stereocenters. The van der Waals surface area contributed by atoms with Gasteiger partial charge in [-0.05, 0) is 30.7 Å². The zero-order chi connectivity index (χ0) is 13.9. The molecule has 0 spiro atoms. The van der Waals surface area contributed by atoms with Crippen LogP contribution in [0, 0.1) is 0 Å². The second-order valence-corrected chi connectivity index (χ2v) is 5.64.